The predicted octanol–water partition coefficient (Wildman–Crippen LogP) is 1.07. The third-order valence-corrected chi connectivity index (χ3v) is 4.14. The number of benzene rings is 1. The van der Waals surface area contributed by atoms with Crippen LogP contribution in [0.2, 0.25) is 0 Å². The van der Waals surface area contributed by atoms with Crippen LogP contribution in [0.1, 0.15) is 23.2 Å². The van der Waals surface area contributed by atoms with Gasteiger partial charge in [-0.2, -0.15) is 0 Å². The van der Waals surface area contributed by atoms with Gasteiger partial charge in [-0.3, -0.25) is 0 Å². The number of unbranched alkanes of at least 4 members (excludes halogenated alkanes) is 1. The van der Waals surface area contributed by atoms with Gasteiger partial charge < -0.3 is 10.2 Å². The highest BCUT2D eigenvalue weighted by molar-refractivity contribution is 7.91. The number of aliphatic hydroxyl groups is 1. The molecule has 0 atom stereocenters. The molecule has 2 N–H and O–H groups in total. The van der Waals surface area contributed by atoms with Crippen LogP contribution in [0.15, 0.2) is 23.1 Å². The molecule has 1 aromatic rings. The molecule has 0 radical (unpaired) electrons. The lowest BCUT2D eigenvalue weighted by Gasteiger charge is -2.06. The van der Waals surface area contributed by atoms with Crippen molar-refractivity contribution in [1.29, 1.82) is 0 Å². The van der Waals surface area contributed by atoms with Crippen LogP contribution in [0, 0.1) is 5.82 Å². The Balaban J connectivity index is 3.07. The number of aliphatic hydroxyl groups excluding tert-OH is 1. The summed E-state index contributed by atoms with van der Waals surface area (Å²) in [7, 11) is -3.87. The van der Waals surface area contributed by atoms with Crippen LogP contribution >= 0.6 is 0 Å². The van der Waals surface area contributed by atoms with Crippen molar-refractivity contribution in [3.8, 4) is 0 Å². The summed E-state index contributed by atoms with van der Waals surface area (Å²) in [5.74, 6) is -2.61. The zero-order valence-corrected chi connectivity index (χ0v) is 10.3. The smallest absolute Gasteiger partial charge is 0.335 e. The van der Waals surface area contributed by atoms with Crippen molar-refractivity contribution >= 4 is 15.8 Å². The fourth-order valence-corrected chi connectivity index (χ4v) is 2.86. The van der Waals surface area contributed by atoms with Crippen LogP contribution in [0.4, 0.5) is 4.39 Å². The molecule has 100 valence electrons. The van der Waals surface area contributed by atoms with E-state index in [-0.39, 0.29) is 24.3 Å². The lowest BCUT2D eigenvalue weighted by Crippen LogP contribution is -2.11. The molecule has 7 heteroatoms. The quantitative estimate of drug-likeness (QED) is 0.758. The monoisotopic (exact) mass is 276 g/mol. The SMILES string of the molecule is O=C(O)c1ccc(F)c(S(=O)(=O)CCCCO)c1. The first-order chi connectivity index (χ1) is 8.38. The minimum atomic E-state index is -3.87. The average molecular weight is 276 g/mol. The van der Waals surface area contributed by atoms with Gasteiger partial charge in [-0.05, 0) is 31.0 Å². The van der Waals surface area contributed by atoms with Crippen LogP contribution in [0.3, 0.4) is 0 Å². The number of rotatable bonds is 6. The Morgan fingerprint density at radius 2 is 1.94 bits per heavy atom. The van der Waals surface area contributed by atoms with Gasteiger partial charge in [0.1, 0.15) is 10.7 Å². The van der Waals surface area contributed by atoms with Crippen molar-refractivity contribution < 1.29 is 27.8 Å². The highest BCUT2D eigenvalue weighted by Gasteiger charge is 2.20. The summed E-state index contributed by atoms with van der Waals surface area (Å²) in [6, 6.07) is 2.64. The molecule has 0 fully saturated rings. The summed E-state index contributed by atoms with van der Waals surface area (Å²) < 4.78 is 37.0. The van der Waals surface area contributed by atoms with E-state index in [2.05, 4.69) is 0 Å². The first kappa shape index (κ1) is 14.6. The molecule has 1 rings (SSSR count). The van der Waals surface area contributed by atoms with Crippen molar-refractivity contribution in [2.24, 2.45) is 0 Å². The number of aromatic carboxylic acids is 1. The van der Waals surface area contributed by atoms with Gasteiger partial charge in [0, 0.05) is 6.61 Å². The summed E-state index contributed by atoms with van der Waals surface area (Å²) in [5, 5.41) is 17.3. The number of carbonyl (C=O) groups is 1. The molecule has 18 heavy (non-hydrogen) atoms. The van der Waals surface area contributed by atoms with Gasteiger partial charge >= 0.3 is 5.97 Å². The molecule has 0 amide bonds. The van der Waals surface area contributed by atoms with Crippen LogP contribution in [0.25, 0.3) is 0 Å². The number of sulfone groups is 1. The summed E-state index contributed by atoms with van der Waals surface area (Å²) in [4.78, 5) is 10.1. The van der Waals surface area contributed by atoms with E-state index in [1.807, 2.05) is 0 Å². The van der Waals surface area contributed by atoms with Crippen LogP contribution in [-0.4, -0.2) is 37.0 Å². The molecular formula is C11H13FO5S. The zero-order valence-electron chi connectivity index (χ0n) is 9.47. The molecule has 0 saturated heterocycles. The molecule has 5 nitrogen and oxygen atoms in total. The topological polar surface area (TPSA) is 91.7 Å². The van der Waals surface area contributed by atoms with E-state index in [9.17, 15) is 17.6 Å². The van der Waals surface area contributed by atoms with E-state index < -0.39 is 26.5 Å². The van der Waals surface area contributed by atoms with E-state index in [0.717, 1.165) is 18.2 Å². The van der Waals surface area contributed by atoms with Crippen molar-refractivity contribution in [3.05, 3.63) is 29.6 Å². The van der Waals surface area contributed by atoms with E-state index >= 15 is 0 Å². The minimum absolute atomic E-state index is 0.146. The second kappa shape index (κ2) is 5.92. The van der Waals surface area contributed by atoms with E-state index in [0.29, 0.717) is 6.42 Å². The van der Waals surface area contributed by atoms with Crippen LogP contribution in [0.5, 0.6) is 0 Å². The molecule has 0 aliphatic heterocycles. The molecule has 0 aromatic heterocycles. The number of hydrogen-bond acceptors (Lipinski definition) is 4. The summed E-state index contributed by atoms with van der Waals surface area (Å²) in [6.45, 7) is -0.146. The maximum Gasteiger partial charge on any atom is 0.335 e. The highest BCUT2D eigenvalue weighted by atomic mass is 32.2. The maximum atomic E-state index is 13.4. The van der Waals surface area contributed by atoms with Crippen molar-refractivity contribution in [3.63, 3.8) is 0 Å². The number of halogens is 1. The second-order valence-electron chi connectivity index (χ2n) is 3.70. The Labute approximate surface area is 104 Å². The zero-order chi connectivity index (χ0) is 13.8. The Bertz CT molecular complexity index is 538. The van der Waals surface area contributed by atoms with Crippen molar-refractivity contribution in [2.75, 3.05) is 12.4 Å². The van der Waals surface area contributed by atoms with Crippen LogP contribution < -0.4 is 0 Å². The number of hydrogen-bond donors (Lipinski definition) is 2. The Kier molecular flexibility index (Phi) is 4.80. The van der Waals surface area contributed by atoms with E-state index in [1.165, 1.54) is 0 Å². The predicted molar refractivity (Wildman–Crippen MR) is 61.7 cm³/mol. The Morgan fingerprint density at radius 3 is 2.50 bits per heavy atom. The van der Waals surface area contributed by atoms with Crippen molar-refractivity contribution in [2.45, 2.75) is 17.7 Å². The molecule has 0 aliphatic carbocycles. The van der Waals surface area contributed by atoms with Gasteiger partial charge in [-0.25, -0.2) is 17.6 Å². The fraction of sp³-hybridized carbons (Fsp3) is 0.364. The van der Waals surface area contributed by atoms with Gasteiger partial charge in [0.2, 0.25) is 0 Å². The highest BCUT2D eigenvalue weighted by Crippen LogP contribution is 2.19. The molecule has 0 unspecified atom stereocenters. The average Bonchev–Trinajstić information content (AvgIpc) is 2.29. The summed E-state index contributed by atoms with van der Waals surface area (Å²) >= 11 is 0. The Hall–Kier alpha value is -1.47. The molecular weight excluding hydrogens is 263 g/mol. The molecule has 0 bridgehead atoms. The second-order valence-corrected chi connectivity index (χ2v) is 5.78. The van der Waals surface area contributed by atoms with Gasteiger partial charge in [-0.15, -0.1) is 0 Å². The minimum Gasteiger partial charge on any atom is -0.478 e. The third-order valence-electron chi connectivity index (χ3n) is 2.33. The lowest BCUT2D eigenvalue weighted by molar-refractivity contribution is 0.0696. The maximum absolute atomic E-state index is 13.4. The van der Waals surface area contributed by atoms with E-state index in [1.54, 1.807) is 0 Å². The van der Waals surface area contributed by atoms with Crippen LogP contribution in [-0.2, 0) is 9.84 Å². The van der Waals surface area contributed by atoms with Crippen molar-refractivity contribution in [1.82, 2.24) is 0 Å². The first-order valence-corrected chi connectivity index (χ1v) is 6.90. The summed E-state index contributed by atoms with van der Waals surface area (Å²) in [6.07, 6.45) is 0.481. The number of carboxylic acids is 1. The first-order valence-electron chi connectivity index (χ1n) is 5.25. The van der Waals surface area contributed by atoms with Gasteiger partial charge in [-0.1, -0.05) is 0 Å². The largest absolute Gasteiger partial charge is 0.478 e. The molecule has 0 heterocycles. The standard InChI is InChI=1S/C11H13FO5S/c12-9-4-3-8(11(14)15)7-10(9)18(16,17)6-2-1-5-13/h3-4,7,13H,1-2,5-6H2,(H,14,15). The molecule has 1 aromatic carbocycles. The fourth-order valence-electron chi connectivity index (χ4n) is 1.39. The van der Waals surface area contributed by atoms with Gasteiger partial charge in [0.15, 0.2) is 9.84 Å². The molecule has 0 spiro atoms. The third kappa shape index (κ3) is 3.51. The van der Waals surface area contributed by atoms with Gasteiger partial charge in [0.05, 0.1) is 11.3 Å². The van der Waals surface area contributed by atoms with Gasteiger partial charge in [0.25, 0.3) is 0 Å². The normalized spacial score (nSPS) is 11.4. The Morgan fingerprint density at radius 1 is 1.28 bits per heavy atom. The number of carboxylic acid groups (broad SMARTS) is 1. The van der Waals surface area contributed by atoms with E-state index in [4.69, 9.17) is 10.2 Å². The molecule has 0 aliphatic rings. The summed E-state index contributed by atoms with van der Waals surface area (Å²) in [5.41, 5.74) is -0.280. The molecule has 0 saturated carbocycles. The lowest BCUT2D eigenvalue weighted by atomic mass is 10.2.